The first-order valence-electron chi connectivity index (χ1n) is 5.68. The van der Waals surface area contributed by atoms with Gasteiger partial charge < -0.3 is 10.1 Å². The summed E-state index contributed by atoms with van der Waals surface area (Å²) in [7, 11) is 0. The van der Waals surface area contributed by atoms with Gasteiger partial charge in [0.15, 0.2) is 6.61 Å². The fourth-order valence-electron chi connectivity index (χ4n) is 1.48. The van der Waals surface area contributed by atoms with Gasteiger partial charge in [-0.15, -0.1) is 0 Å². The lowest BCUT2D eigenvalue weighted by Gasteiger charge is -2.10. The summed E-state index contributed by atoms with van der Waals surface area (Å²) < 4.78 is 6.15. The van der Waals surface area contributed by atoms with Crippen LogP contribution in [0.15, 0.2) is 46.9 Å². The summed E-state index contributed by atoms with van der Waals surface area (Å²) in [6, 6.07) is 12.1. The van der Waals surface area contributed by atoms with Gasteiger partial charge in [-0.2, -0.15) is 0 Å². The van der Waals surface area contributed by atoms with Crippen molar-refractivity contribution >= 4 is 50.7 Å². The van der Waals surface area contributed by atoms with Crippen LogP contribution in [0.3, 0.4) is 0 Å². The van der Waals surface area contributed by atoms with Gasteiger partial charge >= 0.3 is 0 Å². The highest BCUT2D eigenvalue weighted by Crippen LogP contribution is 2.27. The number of hydrogen-bond acceptors (Lipinski definition) is 2. The van der Waals surface area contributed by atoms with Gasteiger partial charge in [0.1, 0.15) is 5.75 Å². The van der Waals surface area contributed by atoms with Crippen molar-refractivity contribution in [2.45, 2.75) is 0 Å². The highest BCUT2D eigenvalue weighted by atomic mass is 79.9. The van der Waals surface area contributed by atoms with E-state index >= 15 is 0 Å². The van der Waals surface area contributed by atoms with E-state index in [2.05, 4.69) is 21.2 Å². The Morgan fingerprint density at radius 2 is 1.95 bits per heavy atom. The number of nitrogens with one attached hydrogen (secondary N) is 1. The maximum absolute atomic E-state index is 11.8. The summed E-state index contributed by atoms with van der Waals surface area (Å²) in [4.78, 5) is 11.8. The van der Waals surface area contributed by atoms with Crippen molar-refractivity contribution in [1.29, 1.82) is 0 Å². The molecule has 1 amide bonds. The van der Waals surface area contributed by atoms with Crippen LogP contribution >= 0.6 is 39.1 Å². The minimum atomic E-state index is -0.284. The van der Waals surface area contributed by atoms with Gasteiger partial charge in [0, 0.05) is 15.6 Å². The Kier molecular flexibility index (Phi) is 5.29. The molecule has 0 bridgehead atoms. The fraction of sp³-hybridized carbons (Fsp3) is 0.0714. The summed E-state index contributed by atoms with van der Waals surface area (Å²) in [5.41, 5.74) is 0.679. The topological polar surface area (TPSA) is 38.3 Å². The molecule has 0 radical (unpaired) electrons. The number of carbonyl (C=O) groups is 1. The van der Waals surface area contributed by atoms with Gasteiger partial charge in [-0.25, -0.2) is 0 Å². The molecule has 0 spiro atoms. The van der Waals surface area contributed by atoms with Crippen LogP contribution in [0.4, 0.5) is 5.69 Å². The standard InChI is InChI=1S/C14H10BrCl2NO2/c15-10-3-1-2-4-12(10)18-14(19)8-20-13-7-9(16)5-6-11(13)17/h1-7H,8H2,(H,18,19). The lowest BCUT2D eigenvalue weighted by atomic mass is 10.3. The summed E-state index contributed by atoms with van der Waals surface area (Å²) in [6.45, 7) is -0.151. The largest absolute Gasteiger partial charge is 0.482 e. The predicted octanol–water partition coefficient (Wildman–Crippen LogP) is 4.77. The number of rotatable bonds is 4. The first-order valence-corrected chi connectivity index (χ1v) is 7.23. The molecular weight excluding hydrogens is 365 g/mol. The number of amides is 1. The molecule has 0 aliphatic heterocycles. The second kappa shape index (κ2) is 6.97. The van der Waals surface area contributed by atoms with Gasteiger partial charge in [-0.3, -0.25) is 4.79 Å². The number of carbonyl (C=O) groups excluding carboxylic acids is 1. The number of ether oxygens (including phenoxy) is 1. The molecule has 0 heterocycles. The molecule has 0 fully saturated rings. The molecule has 104 valence electrons. The highest BCUT2D eigenvalue weighted by molar-refractivity contribution is 9.10. The van der Waals surface area contributed by atoms with Crippen molar-refractivity contribution in [3.05, 3.63) is 57.0 Å². The third kappa shape index (κ3) is 4.13. The number of halogens is 3. The average molecular weight is 375 g/mol. The smallest absolute Gasteiger partial charge is 0.262 e. The van der Waals surface area contributed by atoms with Gasteiger partial charge in [-0.1, -0.05) is 35.3 Å². The molecule has 0 atom stereocenters. The number of benzene rings is 2. The summed E-state index contributed by atoms with van der Waals surface area (Å²) in [5, 5.41) is 3.63. The van der Waals surface area contributed by atoms with E-state index in [9.17, 15) is 4.79 Å². The summed E-state index contributed by atoms with van der Waals surface area (Å²) >= 11 is 15.1. The van der Waals surface area contributed by atoms with Crippen molar-refractivity contribution in [3.8, 4) is 5.75 Å². The maximum Gasteiger partial charge on any atom is 0.262 e. The second-order valence-electron chi connectivity index (χ2n) is 3.89. The molecule has 0 unspecified atom stereocenters. The van der Waals surface area contributed by atoms with Crippen LogP contribution in [0.1, 0.15) is 0 Å². The Hall–Kier alpha value is -1.23. The highest BCUT2D eigenvalue weighted by Gasteiger charge is 2.08. The first kappa shape index (κ1) is 15.2. The van der Waals surface area contributed by atoms with Crippen LogP contribution < -0.4 is 10.1 Å². The first-order chi connectivity index (χ1) is 9.56. The Balaban J connectivity index is 1.96. The number of para-hydroxylation sites is 1. The quantitative estimate of drug-likeness (QED) is 0.836. The van der Waals surface area contributed by atoms with E-state index < -0.39 is 0 Å². The Labute approximate surface area is 135 Å². The van der Waals surface area contributed by atoms with Gasteiger partial charge in [-0.05, 0) is 40.2 Å². The lowest BCUT2D eigenvalue weighted by Crippen LogP contribution is -2.20. The van der Waals surface area contributed by atoms with E-state index in [1.54, 1.807) is 24.3 Å². The van der Waals surface area contributed by atoms with Crippen LogP contribution in [0.2, 0.25) is 10.0 Å². The molecule has 0 aromatic heterocycles. The van der Waals surface area contributed by atoms with Crippen molar-refractivity contribution < 1.29 is 9.53 Å². The third-order valence-corrected chi connectivity index (χ3v) is 3.64. The predicted molar refractivity (Wildman–Crippen MR) is 84.7 cm³/mol. The van der Waals surface area contributed by atoms with Crippen LogP contribution in [-0.4, -0.2) is 12.5 Å². The van der Waals surface area contributed by atoms with Gasteiger partial charge in [0.05, 0.1) is 10.7 Å². The van der Waals surface area contributed by atoms with Crippen LogP contribution in [0.5, 0.6) is 5.75 Å². The lowest BCUT2D eigenvalue weighted by molar-refractivity contribution is -0.118. The molecule has 0 aliphatic rings. The van der Waals surface area contributed by atoms with E-state index in [-0.39, 0.29) is 12.5 Å². The Bertz CT molecular complexity index is 634. The van der Waals surface area contributed by atoms with E-state index in [0.29, 0.717) is 21.5 Å². The Morgan fingerprint density at radius 3 is 2.70 bits per heavy atom. The van der Waals surface area contributed by atoms with E-state index in [1.165, 1.54) is 0 Å². The number of hydrogen-bond donors (Lipinski definition) is 1. The molecule has 2 aromatic carbocycles. The monoisotopic (exact) mass is 373 g/mol. The van der Waals surface area contributed by atoms with Crippen molar-refractivity contribution in [3.63, 3.8) is 0 Å². The van der Waals surface area contributed by atoms with Crippen LogP contribution in [-0.2, 0) is 4.79 Å². The molecule has 2 aromatic rings. The maximum atomic E-state index is 11.8. The normalized spacial score (nSPS) is 10.2. The molecule has 0 saturated heterocycles. The summed E-state index contributed by atoms with van der Waals surface area (Å²) in [5.74, 6) is 0.0920. The van der Waals surface area contributed by atoms with Crippen LogP contribution in [0, 0.1) is 0 Å². The third-order valence-electron chi connectivity index (χ3n) is 2.40. The molecule has 1 N–H and O–H groups in total. The van der Waals surface area contributed by atoms with Crippen molar-refractivity contribution in [2.75, 3.05) is 11.9 Å². The van der Waals surface area contributed by atoms with Gasteiger partial charge in [0.2, 0.25) is 0 Å². The van der Waals surface area contributed by atoms with Crippen molar-refractivity contribution in [1.82, 2.24) is 0 Å². The number of anilines is 1. The molecule has 6 heteroatoms. The van der Waals surface area contributed by atoms with E-state index in [0.717, 1.165) is 4.47 Å². The zero-order valence-corrected chi connectivity index (χ0v) is 13.3. The minimum Gasteiger partial charge on any atom is -0.482 e. The van der Waals surface area contributed by atoms with E-state index in [1.807, 2.05) is 18.2 Å². The second-order valence-corrected chi connectivity index (χ2v) is 5.59. The van der Waals surface area contributed by atoms with Gasteiger partial charge in [0.25, 0.3) is 5.91 Å². The Morgan fingerprint density at radius 1 is 1.20 bits per heavy atom. The average Bonchev–Trinajstić information content (AvgIpc) is 2.42. The van der Waals surface area contributed by atoms with E-state index in [4.69, 9.17) is 27.9 Å². The molecule has 0 saturated carbocycles. The summed E-state index contributed by atoms with van der Waals surface area (Å²) in [6.07, 6.45) is 0. The van der Waals surface area contributed by atoms with Crippen LogP contribution in [0.25, 0.3) is 0 Å². The van der Waals surface area contributed by atoms with Crippen molar-refractivity contribution in [2.24, 2.45) is 0 Å². The molecule has 0 aliphatic carbocycles. The molecular formula is C14H10BrCl2NO2. The SMILES string of the molecule is O=C(COc1cc(Cl)ccc1Cl)Nc1ccccc1Br. The molecule has 3 nitrogen and oxygen atoms in total. The zero-order chi connectivity index (χ0) is 14.5. The molecule has 20 heavy (non-hydrogen) atoms. The molecule has 2 rings (SSSR count). The zero-order valence-electron chi connectivity index (χ0n) is 10.2. The fourth-order valence-corrected chi connectivity index (χ4v) is 2.20. The minimum absolute atomic E-state index is 0.151.